The molecule has 0 atom stereocenters. The summed E-state index contributed by atoms with van der Waals surface area (Å²) in [6, 6.07) is 67.6. The molecule has 0 N–H and O–H groups in total. The van der Waals surface area contributed by atoms with E-state index in [0.29, 0.717) is 0 Å². The molecule has 274 valence electrons. The van der Waals surface area contributed by atoms with Crippen LogP contribution in [0.5, 0.6) is 0 Å². The summed E-state index contributed by atoms with van der Waals surface area (Å²) in [7, 11) is 0. The Labute approximate surface area is 336 Å². The second kappa shape index (κ2) is 12.3. The predicted molar refractivity (Wildman–Crippen MR) is 242 cm³/mol. The van der Waals surface area contributed by atoms with Crippen LogP contribution in [0, 0.1) is 0 Å². The molecule has 9 aromatic carbocycles. The maximum Gasteiger partial charge on any atom is 0.159 e. The number of hydrogen-bond donors (Lipinski definition) is 0. The topological polar surface area (TPSA) is 29.5 Å². The lowest BCUT2D eigenvalue weighted by atomic mass is 9.67. The highest BCUT2D eigenvalue weighted by atomic mass is 16.3. The largest absolute Gasteiger partial charge is 0.455 e. The molecule has 2 heterocycles. The summed E-state index contributed by atoms with van der Waals surface area (Å²) in [5.74, 6) is 0. The molecule has 0 unspecified atom stereocenters. The van der Waals surface area contributed by atoms with Gasteiger partial charge in [-0.1, -0.05) is 159 Å². The molecular formula is C55H37NO2. The lowest BCUT2D eigenvalue weighted by Crippen LogP contribution is -2.24. The van der Waals surface area contributed by atoms with Crippen molar-refractivity contribution in [2.75, 3.05) is 4.90 Å². The van der Waals surface area contributed by atoms with Crippen molar-refractivity contribution in [3.63, 3.8) is 0 Å². The van der Waals surface area contributed by atoms with Crippen LogP contribution >= 0.6 is 0 Å². The SMILES string of the molecule is CC1(C)c2ccc(N(c3ccc(-c4ccccc4)cc3)c3cccc4c3oc3ccccc34)cc2-c2c(-c3cccc4c3oc3ccccc34)ccc3cccc1c23. The van der Waals surface area contributed by atoms with E-state index >= 15 is 0 Å². The number of fused-ring (bicyclic) bond motifs is 8. The Hall–Kier alpha value is -7.36. The van der Waals surface area contributed by atoms with Gasteiger partial charge in [-0.2, -0.15) is 0 Å². The Morgan fingerprint density at radius 1 is 0.414 bits per heavy atom. The zero-order chi connectivity index (χ0) is 38.5. The molecule has 0 saturated carbocycles. The second-order valence-electron chi connectivity index (χ2n) is 16.0. The number of rotatable bonds is 5. The minimum absolute atomic E-state index is 0.245. The first-order valence-electron chi connectivity index (χ1n) is 20.0. The second-order valence-corrected chi connectivity index (χ2v) is 16.0. The fourth-order valence-electron chi connectivity index (χ4n) is 9.70. The zero-order valence-corrected chi connectivity index (χ0v) is 32.2. The first-order chi connectivity index (χ1) is 28.5. The summed E-state index contributed by atoms with van der Waals surface area (Å²) < 4.78 is 13.4. The fraction of sp³-hybridized carbons (Fsp3) is 0.0545. The van der Waals surface area contributed by atoms with Gasteiger partial charge >= 0.3 is 0 Å². The fourth-order valence-corrected chi connectivity index (χ4v) is 9.70. The van der Waals surface area contributed by atoms with Crippen molar-refractivity contribution in [1.82, 2.24) is 0 Å². The molecule has 0 bridgehead atoms. The van der Waals surface area contributed by atoms with E-state index in [4.69, 9.17) is 8.83 Å². The number of nitrogens with zero attached hydrogens (tertiary/aromatic N) is 1. The number of anilines is 3. The van der Waals surface area contributed by atoms with E-state index in [1.54, 1.807) is 0 Å². The molecular weight excluding hydrogens is 707 g/mol. The molecule has 58 heavy (non-hydrogen) atoms. The van der Waals surface area contributed by atoms with Crippen molar-refractivity contribution in [2.45, 2.75) is 19.3 Å². The van der Waals surface area contributed by atoms with Crippen LogP contribution in [0.1, 0.15) is 25.0 Å². The Kier molecular flexibility index (Phi) is 6.98. The van der Waals surface area contributed by atoms with E-state index in [0.717, 1.165) is 72.1 Å². The maximum absolute atomic E-state index is 6.73. The third-order valence-electron chi connectivity index (χ3n) is 12.5. The molecule has 0 aliphatic heterocycles. The molecule has 1 aliphatic carbocycles. The summed E-state index contributed by atoms with van der Waals surface area (Å²) in [5.41, 5.74) is 16.1. The standard InChI is InChI=1S/C55H37NO2/c1-55(2)46-32-30-38(56(37-28-25-35(26-29-37)34-13-4-3-5-14-34)48-22-12-20-43-40-17-7-9-24-50(40)58-54(43)48)33-45(46)52-41(31-27-36-15-10-21-47(55)51(36)52)44-19-11-18-42-39-16-6-8-23-49(39)57-53(42)44/h3-33H,1-2H3. The Morgan fingerprint density at radius 2 is 1.03 bits per heavy atom. The van der Waals surface area contributed by atoms with Crippen molar-refractivity contribution >= 4 is 71.7 Å². The minimum Gasteiger partial charge on any atom is -0.455 e. The van der Waals surface area contributed by atoms with Crippen molar-refractivity contribution in [3.8, 4) is 33.4 Å². The monoisotopic (exact) mass is 743 g/mol. The van der Waals surface area contributed by atoms with Crippen molar-refractivity contribution in [2.24, 2.45) is 0 Å². The Bertz CT molecular complexity index is 3420. The molecule has 3 heteroatoms. The third kappa shape index (κ3) is 4.74. The van der Waals surface area contributed by atoms with E-state index < -0.39 is 0 Å². The Morgan fingerprint density at radius 3 is 1.81 bits per heavy atom. The molecule has 11 aromatic rings. The lowest BCUT2D eigenvalue weighted by Gasteiger charge is -2.37. The smallest absolute Gasteiger partial charge is 0.159 e. The van der Waals surface area contributed by atoms with Crippen molar-refractivity contribution in [3.05, 3.63) is 199 Å². The van der Waals surface area contributed by atoms with Crippen LogP contribution in [-0.2, 0) is 5.41 Å². The molecule has 3 nitrogen and oxygen atoms in total. The van der Waals surface area contributed by atoms with Gasteiger partial charge in [0.05, 0.1) is 5.69 Å². The van der Waals surface area contributed by atoms with Crippen LogP contribution in [0.4, 0.5) is 17.1 Å². The summed E-state index contributed by atoms with van der Waals surface area (Å²) in [6.07, 6.45) is 0. The van der Waals surface area contributed by atoms with Crippen molar-refractivity contribution in [1.29, 1.82) is 0 Å². The maximum atomic E-state index is 6.73. The van der Waals surface area contributed by atoms with Gasteiger partial charge in [-0.05, 0) is 92.2 Å². The zero-order valence-electron chi connectivity index (χ0n) is 32.2. The van der Waals surface area contributed by atoms with E-state index in [-0.39, 0.29) is 5.41 Å². The minimum atomic E-state index is -0.245. The van der Waals surface area contributed by atoms with Gasteiger partial charge in [0.2, 0.25) is 0 Å². The van der Waals surface area contributed by atoms with Gasteiger partial charge in [0.25, 0.3) is 0 Å². The van der Waals surface area contributed by atoms with Gasteiger partial charge in [0.15, 0.2) is 5.58 Å². The molecule has 0 amide bonds. The molecule has 0 fully saturated rings. The van der Waals surface area contributed by atoms with Gasteiger partial charge in [-0.25, -0.2) is 0 Å². The summed E-state index contributed by atoms with van der Waals surface area (Å²) >= 11 is 0. The quantitative estimate of drug-likeness (QED) is 0.176. The molecule has 0 radical (unpaired) electrons. The summed E-state index contributed by atoms with van der Waals surface area (Å²) in [6.45, 7) is 4.73. The molecule has 0 saturated heterocycles. The van der Waals surface area contributed by atoms with Crippen LogP contribution in [0.15, 0.2) is 197 Å². The molecule has 12 rings (SSSR count). The van der Waals surface area contributed by atoms with Crippen LogP contribution in [0.3, 0.4) is 0 Å². The van der Waals surface area contributed by atoms with Crippen LogP contribution in [-0.4, -0.2) is 0 Å². The van der Waals surface area contributed by atoms with Crippen LogP contribution < -0.4 is 4.90 Å². The number of hydrogen-bond acceptors (Lipinski definition) is 3. The summed E-state index contributed by atoms with van der Waals surface area (Å²) in [4.78, 5) is 2.37. The van der Waals surface area contributed by atoms with E-state index in [1.165, 1.54) is 44.2 Å². The third-order valence-corrected chi connectivity index (χ3v) is 12.5. The van der Waals surface area contributed by atoms with Crippen molar-refractivity contribution < 1.29 is 8.83 Å². The molecule has 0 spiro atoms. The average Bonchev–Trinajstić information content (AvgIpc) is 3.85. The van der Waals surface area contributed by atoms with Crippen LogP contribution in [0.2, 0.25) is 0 Å². The molecule has 1 aliphatic rings. The van der Waals surface area contributed by atoms with E-state index in [1.807, 2.05) is 12.1 Å². The first-order valence-corrected chi connectivity index (χ1v) is 20.0. The number of furan rings is 2. The normalized spacial score (nSPS) is 13.1. The first kappa shape index (κ1) is 32.8. The highest BCUT2D eigenvalue weighted by Crippen LogP contribution is 2.54. The van der Waals surface area contributed by atoms with E-state index in [2.05, 4.69) is 195 Å². The average molecular weight is 744 g/mol. The molecule has 2 aromatic heterocycles. The number of benzene rings is 9. The lowest BCUT2D eigenvalue weighted by molar-refractivity contribution is 0.645. The van der Waals surface area contributed by atoms with Gasteiger partial charge < -0.3 is 13.7 Å². The van der Waals surface area contributed by atoms with Gasteiger partial charge in [0.1, 0.15) is 16.7 Å². The van der Waals surface area contributed by atoms with Gasteiger partial charge in [-0.15, -0.1) is 0 Å². The van der Waals surface area contributed by atoms with Crippen LogP contribution in [0.25, 0.3) is 88.0 Å². The van der Waals surface area contributed by atoms with E-state index in [9.17, 15) is 0 Å². The van der Waals surface area contributed by atoms with Gasteiger partial charge in [0, 0.05) is 43.9 Å². The number of para-hydroxylation sites is 4. The van der Waals surface area contributed by atoms with Gasteiger partial charge in [-0.3, -0.25) is 0 Å². The predicted octanol–water partition coefficient (Wildman–Crippen LogP) is 15.7. The Balaban J connectivity index is 1.14. The highest BCUT2D eigenvalue weighted by Gasteiger charge is 2.36. The highest BCUT2D eigenvalue weighted by molar-refractivity contribution is 6.16. The summed E-state index contributed by atoms with van der Waals surface area (Å²) in [5, 5.41) is 6.99.